The molecule has 0 fully saturated rings. The molecule has 0 saturated carbocycles. The molecular formula is C23H34N4O2. The van der Waals surface area contributed by atoms with Crippen LogP contribution in [0.4, 0.5) is 11.5 Å². The summed E-state index contributed by atoms with van der Waals surface area (Å²) < 4.78 is 5.80. The number of carbonyl (C=O) groups is 1. The highest BCUT2D eigenvalue weighted by Crippen LogP contribution is 2.23. The number of ether oxygens (including phenoxy) is 1. The number of carbonyl (C=O) groups excluding carboxylic acids is 1. The Bertz CT molecular complexity index is 736. The molecule has 0 atom stereocenters. The fraction of sp³-hybridized carbons (Fsp3) is 0.522. The first-order valence-corrected chi connectivity index (χ1v) is 10.8. The molecule has 0 aliphatic heterocycles. The molecule has 0 bridgehead atoms. The predicted octanol–water partition coefficient (Wildman–Crippen LogP) is 6.17. The minimum absolute atomic E-state index is 0.118. The zero-order chi connectivity index (χ0) is 20.7. The first-order valence-electron chi connectivity index (χ1n) is 10.8. The molecule has 0 aliphatic carbocycles. The third-order valence-electron chi connectivity index (χ3n) is 4.61. The van der Waals surface area contributed by atoms with Crippen molar-refractivity contribution in [2.45, 2.75) is 71.6 Å². The smallest absolute Gasteiger partial charge is 0.224 e. The van der Waals surface area contributed by atoms with Gasteiger partial charge in [-0.15, -0.1) is 0 Å². The monoisotopic (exact) mass is 398 g/mol. The Morgan fingerprint density at radius 2 is 1.69 bits per heavy atom. The molecule has 2 rings (SSSR count). The summed E-state index contributed by atoms with van der Waals surface area (Å²) >= 11 is 0. The fourth-order valence-electron chi connectivity index (χ4n) is 3.11. The van der Waals surface area contributed by atoms with Crippen molar-refractivity contribution in [3.05, 3.63) is 36.7 Å². The van der Waals surface area contributed by atoms with Crippen molar-refractivity contribution in [2.75, 3.05) is 17.2 Å². The first kappa shape index (κ1) is 22.7. The van der Waals surface area contributed by atoms with Crippen LogP contribution in [0.5, 0.6) is 11.6 Å². The van der Waals surface area contributed by atoms with Crippen molar-refractivity contribution in [1.29, 1.82) is 0 Å². The van der Waals surface area contributed by atoms with E-state index in [2.05, 4.69) is 27.5 Å². The summed E-state index contributed by atoms with van der Waals surface area (Å²) in [5, 5.41) is 6.08. The summed E-state index contributed by atoms with van der Waals surface area (Å²) in [5.41, 5.74) is 0.688. The van der Waals surface area contributed by atoms with Crippen molar-refractivity contribution in [3.63, 3.8) is 0 Å². The lowest BCUT2D eigenvalue weighted by Crippen LogP contribution is -2.05. The molecule has 0 aliphatic rings. The molecule has 29 heavy (non-hydrogen) atoms. The van der Waals surface area contributed by atoms with Crippen molar-refractivity contribution >= 4 is 17.4 Å². The molecule has 0 radical (unpaired) electrons. The molecule has 2 aromatic rings. The van der Waals surface area contributed by atoms with Crippen LogP contribution < -0.4 is 15.4 Å². The Balaban J connectivity index is 1.68. The van der Waals surface area contributed by atoms with Crippen LogP contribution in [0.2, 0.25) is 0 Å². The van der Waals surface area contributed by atoms with E-state index in [-0.39, 0.29) is 5.91 Å². The molecule has 2 N–H and O–H groups in total. The van der Waals surface area contributed by atoms with Crippen molar-refractivity contribution in [3.8, 4) is 11.6 Å². The molecule has 1 aromatic carbocycles. The van der Waals surface area contributed by atoms with Crippen LogP contribution in [0.15, 0.2) is 36.7 Å². The van der Waals surface area contributed by atoms with Gasteiger partial charge in [-0.05, 0) is 18.6 Å². The molecule has 1 heterocycles. The summed E-state index contributed by atoms with van der Waals surface area (Å²) in [7, 11) is 0. The van der Waals surface area contributed by atoms with Crippen LogP contribution in [0.25, 0.3) is 0 Å². The average molecular weight is 399 g/mol. The molecule has 1 amide bonds. The second-order valence-corrected chi connectivity index (χ2v) is 7.31. The number of nitrogens with one attached hydrogen (secondary N) is 2. The molecule has 158 valence electrons. The topological polar surface area (TPSA) is 76.1 Å². The quantitative estimate of drug-likeness (QED) is 0.372. The van der Waals surface area contributed by atoms with Crippen LogP contribution in [-0.4, -0.2) is 22.4 Å². The molecule has 0 unspecified atom stereocenters. The van der Waals surface area contributed by atoms with Gasteiger partial charge in [0, 0.05) is 31.3 Å². The predicted molar refractivity (Wildman–Crippen MR) is 119 cm³/mol. The number of nitrogens with zero attached hydrogens (tertiary/aromatic N) is 2. The lowest BCUT2D eigenvalue weighted by Gasteiger charge is -2.09. The lowest BCUT2D eigenvalue weighted by atomic mass is 10.1. The maximum absolute atomic E-state index is 11.2. The zero-order valence-corrected chi connectivity index (χ0v) is 17.7. The second kappa shape index (κ2) is 13.5. The van der Waals surface area contributed by atoms with Gasteiger partial charge in [0.25, 0.3) is 0 Å². The van der Waals surface area contributed by atoms with Gasteiger partial charge in [-0.2, -0.15) is 0 Å². The van der Waals surface area contributed by atoms with E-state index in [0.717, 1.165) is 18.8 Å². The molecular weight excluding hydrogens is 364 g/mol. The number of unbranched alkanes of at least 4 members (excludes halogenated alkanes) is 8. The number of rotatable bonds is 14. The third kappa shape index (κ3) is 9.92. The maximum Gasteiger partial charge on any atom is 0.224 e. The number of anilines is 2. The lowest BCUT2D eigenvalue weighted by molar-refractivity contribution is -0.114. The Labute approximate surface area is 174 Å². The Hall–Kier alpha value is -2.63. The van der Waals surface area contributed by atoms with E-state index in [1.54, 1.807) is 12.1 Å². The Morgan fingerprint density at radius 3 is 2.41 bits per heavy atom. The number of hydrogen-bond acceptors (Lipinski definition) is 5. The van der Waals surface area contributed by atoms with Gasteiger partial charge in [-0.3, -0.25) is 4.79 Å². The standard InChI is InChI=1S/C23H34N4O2/c1-3-4-5-6-7-8-9-10-11-15-24-22-17-23(26-18-25-22)29-21-14-12-13-20(16-21)27-19(2)28/h12-14,16-18H,3-11,15H2,1-2H3,(H,27,28)(H,24,25,26). The summed E-state index contributed by atoms with van der Waals surface area (Å²) in [6, 6.07) is 9.01. The molecule has 1 aromatic heterocycles. The third-order valence-corrected chi connectivity index (χ3v) is 4.61. The second-order valence-electron chi connectivity index (χ2n) is 7.31. The van der Waals surface area contributed by atoms with Crippen molar-refractivity contribution < 1.29 is 9.53 Å². The summed E-state index contributed by atoms with van der Waals surface area (Å²) in [6.07, 6.45) is 13.3. The van der Waals surface area contributed by atoms with Crippen LogP contribution >= 0.6 is 0 Å². The van der Waals surface area contributed by atoms with E-state index < -0.39 is 0 Å². The van der Waals surface area contributed by atoms with Gasteiger partial charge in [0.2, 0.25) is 11.8 Å². The van der Waals surface area contributed by atoms with E-state index in [4.69, 9.17) is 4.74 Å². The first-order chi connectivity index (χ1) is 14.2. The normalized spacial score (nSPS) is 10.6. The van der Waals surface area contributed by atoms with Gasteiger partial charge in [0.15, 0.2) is 0 Å². The van der Waals surface area contributed by atoms with Gasteiger partial charge >= 0.3 is 0 Å². The van der Waals surface area contributed by atoms with Crippen LogP contribution in [0.3, 0.4) is 0 Å². The number of aromatic nitrogens is 2. The summed E-state index contributed by atoms with van der Waals surface area (Å²) in [5.74, 6) is 1.72. The van der Waals surface area contributed by atoms with E-state index in [9.17, 15) is 4.79 Å². The van der Waals surface area contributed by atoms with Gasteiger partial charge in [0.1, 0.15) is 17.9 Å². The number of amides is 1. The molecule has 6 nitrogen and oxygen atoms in total. The summed E-state index contributed by atoms with van der Waals surface area (Å²) in [6.45, 7) is 4.62. The van der Waals surface area contributed by atoms with E-state index >= 15 is 0 Å². The largest absolute Gasteiger partial charge is 0.439 e. The highest BCUT2D eigenvalue weighted by molar-refractivity contribution is 5.88. The van der Waals surface area contributed by atoms with E-state index in [1.165, 1.54) is 64.6 Å². The van der Waals surface area contributed by atoms with Crippen molar-refractivity contribution in [2.24, 2.45) is 0 Å². The zero-order valence-electron chi connectivity index (χ0n) is 17.7. The Morgan fingerprint density at radius 1 is 0.966 bits per heavy atom. The molecule has 0 spiro atoms. The minimum Gasteiger partial charge on any atom is -0.439 e. The SMILES string of the molecule is CCCCCCCCCCCNc1cc(Oc2cccc(NC(C)=O)c2)ncn1. The highest BCUT2D eigenvalue weighted by atomic mass is 16.5. The van der Waals surface area contributed by atoms with E-state index in [1.807, 2.05) is 18.2 Å². The average Bonchev–Trinajstić information content (AvgIpc) is 2.69. The van der Waals surface area contributed by atoms with E-state index in [0.29, 0.717) is 17.3 Å². The van der Waals surface area contributed by atoms with Crippen LogP contribution in [0, 0.1) is 0 Å². The Kier molecular flexibility index (Phi) is 10.6. The maximum atomic E-state index is 11.2. The minimum atomic E-state index is -0.118. The fourth-order valence-corrected chi connectivity index (χ4v) is 3.11. The van der Waals surface area contributed by atoms with Gasteiger partial charge in [-0.1, -0.05) is 64.4 Å². The van der Waals surface area contributed by atoms with Gasteiger partial charge < -0.3 is 15.4 Å². The number of benzene rings is 1. The molecule has 0 saturated heterocycles. The summed E-state index contributed by atoms with van der Waals surface area (Å²) in [4.78, 5) is 19.6. The van der Waals surface area contributed by atoms with Gasteiger partial charge in [-0.25, -0.2) is 9.97 Å². The highest BCUT2D eigenvalue weighted by Gasteiger charge is 2.04. The molecule has 6 heteroatoms. The number of hydrogen-bond donors (Lipinski definition) is 2. The van der Waals surface area contributed by atoms with Crippen molar-refractivity contribution in [1.82, 2.24) is 9.97 Å². The van der Waals surface area contributed by atoms with Crippen LogP contribution in [0.1, 0.15) is 71.6 Å². The van der Waals surface area contributed by atoms with Gasteiger partial charge in [0.05, 0.1) is 0 Å². The van der Waals surface area contributed by atoms with Crippen LogP contribution in [-0.2, 0) is 4.79 Å².